The fraction of sp³-hybridized carbons (Fsp3) is 0.833. The van der Waals surface area contributed by atoms with E-state index in [1.54, 1.807) is 0 Å². The number of allylic oxidation sites excluding steroid dienone is 2. The average Bonchev–Trinajstić information content (AvgIpc) is 2.24. The first-order valence-corrected chi connectivity index (χ1v) is 7.65. The summed E-state index contributed by atoms with van der Waals surface area (Å²) in [6.07, 6.45) is 12.8. The second-order valence-electron chi connectivity index (χ2n) is 4.02. The molecule has 102 valence electrons. The normalized spacial score (nSPS) is 12.4. The highest BCUT2D eigenvalue weighted by Crippen LogP contribution is 2.08. The third kappa shape index (κ3) is 15.6. The first kappa shape index (κ1) is 16.6. The summed E-state index contributed by atoms with van der Waals surface area (Å²) in [5.41, 5.74) is 0. The Morgan fingerprint density at radius 3 is 2.18 bits per heavy atom. The van der Waals surface area contributed by atoms with Crippen molar-refractivity contribution in [3.63, 3.8) is 0 Å². The maximum Gasteiger partial charge on any atom is 0.217 e. The predicted octanol–water partition coefficient (Wildman–Crippen LogP) is 3.16. The van der Waals surface area contributed by atoms with Crippen molar-refractivity contribution in [1.82, 2.24) is 0 Å². The van der Waals surface area contributed by atoms with Gasteiger partial charge in [0.2, 0.25) is 10.4 Å². The Hall–Kier alpha value is -0.390. The van der Waals surface area contributed by atoms with Gasteiger partial charge in [0.1, 0.15) is 0 Å². The van der Waals surface area contributed by atoms with Crippen LogP contribution in [0.5, 0.6) is 0 Å². The molecule has 0 saturated heterocycles. The standard InChI is InChI=1S/C12H24O4S/c1-2-3-4-5-6-7-8-9-10-11-12-16-17(13,14)15/h3-4H,2,5-12H2,1H3,(H,13,14,15)/p-1/b4-3+. The Kier molecular flexibility index (Phi) is 10.5. The molecular weight excluding hydrogens is 240 g/mol. The Morgan fingerprint density at radius 2 is 1.59 bits per heavy atom. The van der Waals surface area contributed by atoms with Crippen LogP contribution >= 0.6 is 0 Å². The second kappa shape index (κ2) is 10.7. The Morgan fingerprint density at radius 1 is 1.00 bits per heavy atom. The monoisotopic (exact) mass is 263 g/mol. The lowest BCUT2D eigenvalue weighted by Crippen LogP contribution is -2.05. The highest BCUT2D eigenvalue weighted by Gasteiger charge is 1.95. The van der Waals surface area contributed by atoms with Gasteiger partial charge in [0.15, 0.2) is 0 Å². The lowest BCUT2D eigenvalue weighted by molar-refractivity contribution is 0.255. The van der Waals surface area contributed by atoms with Crippen LogP contribution in [0.2, 0.25) is 0 Å². The molecule has 0 amide bonds. The van der Waals surface area contributed by atoms with Gasteiger partial charge in [-0.25, -0.2) is 8.42 Å². The lowest BCUT2D eigenvalue weighted by Gasteiger charge is -2.06. The third-order valence-corrected chi connectivity index (χ3v) is 2.85. The van der Waals surface area contributed by atoms with Crippen LogP contribution < -0.4 is 0 Å². The van der Waals surface area contributed by atoms with E-state index >= 15 is 0 Å². The Labute approximate surface area is 105 Å². The van der Waals surface area contributed by atoms with Gasteiger partial charge >= 0.3 is 0 Å². The summed E-state index contributed by atoms with van der Waals surface area (Å²) in [5.74, 6) is 0. The minimum absolute atomic E-state index is 0.0189. The third-order valence-electron chi connectivity index (χ3n) is 2.40. The van der Waals surface area contributed by atoms with Crippen LogP contribution in [0.4, 0.5) is 0 Å². The highest BCUT2D eigenvalue weighted by molar-refractivity contribution is 7.80. The maximum atomic E-state index is 10.1. The van der Waals surface area contributed by atoms with E-state index in [-0.39, 0.29) is 6.61 Å². The van der Waals surface area contributed by atoms with Gasteiger partial charge in [-0.1, -0.05) is 44.8 Å². The molecule has 0 saturated carbocycles. The largest absolute Gasteiger partial charge is 0.726 e. The zero-order chi connectivity index (χ0) is 13.0. The number of unbranched alkanes of at least 4 members (excludes halogenated alkanes) is 6. The van der Waals surface area contributed by atoms with Gasteiger partial charge in [-0.2, -0.15) is 0 Å². The van der Waals surface area contributed by atoms with E-state index in [2.05, 4.69) is 23.3 Å². The molecule has 0 aromatic heterocycles. The van der Waals surface area contributed by atoms with E-state index < -0.39 is 10.4 Å². The number of hydrogen-bond acceptors (Lipinski definition) is 4. The molecule has 0 spiro atoms. The summed E-state index contributed by atoms with van der Waals surface area (Å²) in [6.45, 7) is 2.14. The summed E-state index contributed by atoms with van der Waals surface area (Å²) in [7, 11) is -4.49. The lowest BCUT2D eigenvalue weighted by atomic mass is 10.1. The molecule has 0 radical (unpaired) electrons. The molecule has 0 aliphatic rings. The molecule has 0 unspecified atom stereocenters. The molecule has 0 aromatic rings. The molecule has 0 atom stereocenters. The van der Waals surface area contributed by atoms with Crippen molar-refractivity contribution in [3.8, 4) is 0 Å². The molecule has 0 aliphatic heterocycles. The molecule has 0 aromatic carbocycles. The molecular formula is C12H23O4S-. The molecule has 5 heteroatoms. The van der Waals surface area contributed by atoms with E-state index in [0.29, 0.717) is 6.42 Å². The molecule has 0 fully saturated rings. The Balaban J connectivity index is 3.11. The van der Waals surface area contributed by atoms with Crippen molar-refractivity contribution in [3.05, 3.63) is 12.2 Å². The van der Waals surface area contributed by atoms with E-state index in [1.165, 1.54) is 12.8 Å². The van der Waals surface area contributed by atoms with E-state index in [4.69, 9.17) is 0 Å². The van der Waals surface area contributed by atoms with Gasteiger partial charge in [-0.05, 0) is 25.7 Å². The van der Waals surface area contributed by atoms with Crippen molar-refractivity contribution < 1.29 is 17.2 Å². The van der Waals surface area contributed by atoms with Crippen LogP contribution in [0.1, 0.15) is 58.3 Å². The summed E-state index contributed by atoms with van der Waals surface area (Å²) in [6, 6.07) is 0. The SMILES string of the molecule is CC/C=C/CCCCCCCCOS(=O)(=O)[O-]. The van der Waals surface area contributed by atoms with Crippen molar-refractivity contribution in [2.24, 2.45) is 0 Å². The van der Waals surface area contributed by atoms with Crippen molar-refractivity contribution in [2.75, 3.05) is 6.61 Å². The topological polar surface area (TPSA) is 66.4 Å². The predicted molar refractivity (Wildman–Crippen MR) is 67.4 cm³/mol. The summed E-state index contributed by atoms with van der Waals surface area (Å²) in [5, 5.41) is 0. The molecule has 4 nitrogen and oxygen atoms in total. The summed E-state index contributed by atoms with van der Waals surface area (Å²) in [4.78, 5) is 0. The molecule has 0 bridgehead atoms. The second-order valence-corrected chi connectivity index (χ2v) is 5.07. The van der Waals surface area contributed by atoms with Crippen molar-refractivity contribution in [1.29, 1.82) is 0 Å². The van der Waals surface area contributed by atoms with Crippen LogP contribution in [0, 0.1) is 0 Å². The fourth-order valence-electron chi connectivity index (χ4n) is 1.52. The van der Waals surface area contributed by atoms with Gasteiger partial charge in [-0.15, -0.1) is 0 Å². The van der Waals surface area contributed by atoms with Gasteiger partial charge < -0.3 is 4.55 Å². The molecule has 17 heavy (non-hydrogen) atoms. The van der Waals surface area contributed by atoms with Crippen molar-refractivity contribution in [2.45, 2.75) is 58.3 Å². The van der Waals surface area contributed by atoms with Gasteiger partial charge in [0.05, 0.1) is 6.61 Å². The van der Waals surface area contributed by atoms with Crippen LogP contribution in [0.15, 0.2) is 12.2 Å². The first-order chi connectivity index (χ1) is 8.06. The minimum atomic E-state index is -4.49. The molecule has 0 aliphatic carbocycles. The highest BCUT2D eigenvalue weighted by atomic mass is 32.3. The molecule has 0 heterocycles. The maximum absolute atomic E-state index is 10.1. The van der Waals surface area contributed by atoms with E-state index in [0.717, 1.165) is 32.1 Å². The zero-order valence-electron chi connectivity index (χ0n) is 10.6. The summed E-state index contributed by atoms with van der Waals surface area (Å²) < 4.78 is 34.4. The number of rotatable bonds is 11. The van der Waals surface area contributed by atoms with Gasteiger partial charge in [0.25, 0.3) is 0 Å². The zero-order valence-corrected chi connectivity index (χ0v) is 11.4. The van der Waals surface area contributed by atoms with Crippen molar-refractivity contribution >= 4 is 10.4 Å². The average molecular weight is 263 g/mol. The van der Waals surface area contributed by atoms with Gasteiger partial charge in [-0.3, -0.25) is 4.18 Å². The van der Waals surface area contributed by atoms with Crippen LogP contribution in [-0.4, -0.2) is 19.6 Å². The first-order valence-electron chi connectivity index (χ1n) is 6.31. The van der Waals surface area contributed by atoms with E-state index in [1.807, 2.05) is 0 Å². The quantitative estimate of drug-likeness (QED) is 0.248. The molecule has 0 rings (SSSR count). The number of hydrogen-bond donors (Lipinski definition) is 0. The fourth-order valence-corrected chi connectivity index (χ4v) is 1.84. The molecule has 0 N–H and O–H groups in total. The van der Waals surface area contributed by atoms with Crippen LogP contribution in [-0.2, 0) is 14.6 Å². The smallest absolute Gasteiger partial charge is 0.217 e. The van der Waals surface area contributed by atoms with Crippen LogP contribution in [0.3, 0.4) is 0 Å². The summed E-state index contributed by atoms with van der Waals surface area (Å²) >= 11 is 0. The minimum Gasteiger partial charge on any atom is -0.726 e. The van der Waals surface area contributed by atoms with Crippen LogP contribution in [0.25, 0.3) is 0 Å². The van der Waals surface area contributed by atoms with E-state index in [9.17, 15) is 13.0 Å². The van der Waals surface area contributed by atoms with Gasteiger partial charge in [0, 0.05) is 0 Å². The Bertz CT molecular complexity index is 283.